The summed E-state index contributed by atoms with van der Waals surface area (Å²) in [6, 6.07) is 6.16. The first kappa shape index (κ1) is 20.5. The number of halogens is 3. The van der Waals surface area contributed by atoms with E-state index in [0.29, 0.717) is 16.1 Å². The minimum Gasteiger partial charge on any atom is -0.357 e. The predicted molar refractivity (Wildman–Crippen MR) is 117 cm³/mol. The number of benzene rings is 1. The first-order valence-corrected chi connectivity index (χ1v) is 10.7. The number of rotatable bonds is 6. The van der Waals surface area contributed by atoms with Crippen molar-refractivity contribution in [3.05, 3.63) is 81.7 Å². The number of allylic oxidation sites excluding steroid dienone is 4. The largest absolute Gasteiger partial charge is 0.357 e. The van der Waals surface area contributed by atoms with Crippen LogP contribution in [0.1, 0.15) is 18.4 Å². The molecule has 0 unspecified atom stereocenters. The number of nitrogens with zero attached hydrogens (tertiary/aromatic N) is 2. The van der Waals surface area contributed by atoms with Crippen LogP contribution in [0.25, 0.3) is 0 Å². The predicted octanol–water partition coefficient (Wildman–Crippen LogP) is 4.56. The van der Waals surface area contributed by atoms with Crippen molar-refractivity contribution in [2.45, 2.75) is 25.4 Å². The summed E-state index contributed by atoms with van der Waals surface area (Å²) < 4.78 is 13.6. The fraction of sp³-hybridized carbons (Fsp3) is 0.364. The lowest BCUT2D eigenvalue weighted by Crippen LogP contribution is -2.44. The van der Waals surface area contributed by atoms with E-state index in [4.69, 9.17) is 23.2 Å². The second kappa shape index (κ2) is 9.35. The molecule has 0 amide bonds. The maximum Gasteiger partial charge on any atom is 0.141 e. The molecule has 29 heavy (non-hydrogen) atoms. The van der Waals surface area contributed by atoms with Crippen molar-refractivity contribution in [2.75, 3.05) is 26.2 Å². The van der Waals surface area contributed by atoms with Gasteiger partial charge in [0.2, 0.25) is 0 Å². The molecule has 3 aliphatic heterocycles. The quantitative estimate of drug-likeness (QED) is 0.686. The van der Waals surface area contributed by atoms with Crippen molar-refractivity contribution < 1.29 is 4.39 Å². The summed E-state index contributed by atoms with van der Waals surface area (Å²) in [6.07, 6.45) is 11.2. The fourth-order valence-corrected chi connectivity index (χ4v) is 4.52. The zero-order valence-electron chi connectivity index (χ0n) is 16.2. The molecule has 1 saturated heterocycles. The summed E-state index contributed by atoms with van der Waals surface area (Å²) in [5.74, 6) is -0.245. The molecule has 0 aromatic heterocycles. The number of fused-ring (bicyclic) bond motifs is 1. The van der Waals surface area contributed by atoms with Crippen LogP contribution < -0.4 is 10.6 Å². The molecule has 0 spiro atoms. The van der Waals surface area contributed by atoms with Gasteiger partial charge in [-0.05, 0) is 61.8 Å². The van der Waals surface area contributed by atoms with Crippen molar-refractivity contribution in [2.24, 2.45) is 0 Å². The number of hydrogen-bond donors (Lipinski definition) is 2. The van der Waals surface area contributed by atoms with E-state index in [2.05, 4.69) is 20.4 Å². The van der Waals surface area contributed by atoms with Crippen LogP contribution in [0.5, 0.6) is 0 Å². The van der Waals surface area contributed by atoms with Crippen LogP contribution in [-0.4, -0.2) is 42.0 Å². The van der Waals surface area contributed by atoms with Gasteiger partial charge in [0, 0.05) is 54.2 Å². The van der Waals surface area contributed by atoms with E-state index >= 15 is 0 Å². The average Bonchev–Trinajstić information content (AvgIpc) is 2.71. The molecule has 7 heteroatoms. The Bertz CT molecular complexity index is 849. The lowest BCUT2D eigenvalue weighted by Gasteiger charge is -2.35. The van der Waals surface area contributed by atoms with Gasteiger partial charge in [-0.3, -0.25) is 0 Å². The van der Waals surface area contributed by atoms with Crippen LogP contribution in [-0.2, 0) is 6.54 Å². The molecule has 0 aliphatic carbocycles. The first-order valence-electron chi connectivity index (χ1n) is 9.97. The Labute approximate surface area is 181 Å². The Balaban J connectivity index is 1.22. The Morgan fingerprint density at radius 1 is 1.10 bits per heavy atom. The summed E-state index contributed by atoms with van der Waals surface area (Å²) in [6.45, 7) is 4.68. The molecular formula is C22H25Cl2FN4. The normalized spacial score (nSPS) is 20.0. The molecule has 1 fully saturated rings. The number of hydrogen-bond acceptors (Lipinski definition) is 4. The van der Waals surface area contributed by atoms with Crippen molar-refractivity contribution in [1.82, 2.24) is 20.4 Å². The Hall–Kier alpha value is -1.79. The highest BCUT2D eigenvalue weighted by Gasteiger charge is 2.22. The van der Waals surface area contributed by atoms with Crippen LogP contribution >= 0.6 is 23.2 Å². The van der Waals surface area contributed by atoms with Crippen molar-refractivity contribution in [3.63, 3.8) is 0 Å². The SMILES string of the molecule is FC1=CNC2=CC=CN(CCN3CCC(NCc4cc(Cl)cc(Cl)c4)CC3)C2=C1. The van der Waals surface area contributed by atoms with Gasteiger partial charge in [0.05, 0.1) is 11.4 Å². The topological polar surface area (TPSA) is 30.5 Å². The van der Waals surface area contributed by atoms with E-state index in [1.165, 1.54) is 6.20 Å². The molecule has 1 aromatic carbocycles. The van der Waals surface area contributed by atoms with Gasteiger partial charge in [-0.15, -0.1) is 0 Å². The molecule has 3 aliphatic rings. The highest BCUT2D eigenvalue weighted by molar-refractivity contribution is 6.34. The number of likely N-dealkylation sites (tertiary alicyclic amines) is 1. The average molecular weight is 435 g/mol. The highest BCUT2D eigenvalue weighted by Crippen LogP contribution is 2.24. The minimum absolute atomic E-state index is 0.245. The highest BCUT2D eigenvalue weighted by atomic mass is 35.5. The molecule has 2 N–H and O–H groups in total. The summed E-state index contributed by atoms with van der Waals surface area (Å²) in [5.41, 5.74) is 2.95. The van der Waals surface area contributed by atoms with Gasteiger partial charge in [0.25, 0.3) is 0 Å². The Kier molecular flexibility index (Phi) is 6.60. The Morgan fingerprint density at radius 3 is 2.62 bits per heavy atom. The van der Waals surface area contributed by atoms with Gasteiger partial charge in [0.15, 0.2) is 0 Å². The van der Waals surface area contributed by atoms with E-state index in [-0.39, 0.29) is 5.83 Å². The van der Waals surface area contributed by atoms with E-state index in [0.717, 1.165) is 62.5 Å². The third kappa shape index (κ3) is 5.43. The van der Waals surface area contributed by atoms with Gasteiger partial charge >= 0.3 is 0 Å². The van der Waals surface area contributed by atoms with Crippen LogP contribution in [0.3, 0.4) is 0 Å². The summed E-state index contributed by atoms with van der Waals surface area (Å²) >= 11 is 12.2. The number of nitrogens with one attached hydrogen (secondary N) is 2. The van der Waals surface area contributed by atoms with Gasteiger partial charge in [-0.25, -0.2) is 4.39 Å². The molecule has 4 rings (SSSR count). The van der Waals surface area contributed by atoms with Crippen LogP contribution in [0.2, 0.25) is 10.0 Å². The zero-order valence-corrected chi connectivity index (χ0v) is 17.7. The second-order valence-corrected chi connectivity index (χ2v) is 8.47. The van der Waals surface area contributed by atoms with E-state index in [1.807, 2.05) is 30.5 Å². The van der Waals surface area contributed by atoms with E-state index < -0.39 is 0 Å². The van der Waals surface area contributed by atoms with E-state index in [9.17, 15) is 4.39 Å². The minimum atomic E-state index is -0.245. The van der Waals surface area contributed by atoms with Gasteiger partial charge in [0.1, 0.15) is 5.83 Å². The zero-order chi connectivity index (χ0) is 20.2. The smallest absolute Gasteiger partial charge is 0.141 e. The maximum absolute atomic E-state index is 13.6. The maximum atomic E-state index is 13.6. The molecule has 154 valence electrons. The molecule has 0 bridgehead atoms. The Morgan fingerprint density at radius 2 is 1.86 bits per heavy atom. The second-order valence-electron chi connectivity index (χ2n) is 7.59. The van der Waals surface area contributed by atoms with E-state index in [1.54, 1.807) is 12.1 Å². The lowest BCUT2D eigenvalue weighted by atomic mass is 10.0. The van der Waals surface area contributed by atoms with Crippen molar-refractivity contribution in [1.29, 1.82) is 0 Å². The summed E-state index contributed by atoms with van der Waals surface area (Å²) in [4.78, 5) is 4.59. The monoisotopic (exact) mass is 434 g/mol. The van der Waals surface area contributed by atoms with Gasteiger partial charge in [-0.1, -0.05) is 23.2 Å². The van der Waals surface area contributed by atoms with Crippen molar-refractivity contribution >= 4 is 23.2 Å². The standard InChI is InChI=1S/C22H25Cl2FN4/c23-17-10-16(11-18(24)12-17)14-26-20-3-6-28(7-4-20)8-9-29-5-1-2-21-22(29)13-19(25)15-27-21/h1-2,5,10-13,15,20,26-27H,3-4,6-9,14H2. The molecular weight excluding hydrogens is 410 g/mol. The number of dihydropyridines is 1. The number of piperidine rings is 1. The summed E-state index contributed by atoms with van der Waals surface area (Å²) in [7, 11) is 0. The first-order chi connectivity index (χ1) is 14.1. The molecule has 1 aromatic rings. The molecule has 0 saturated carbocycles. The molecule has 0 radical (unpaired) electrons. The third-order valence-corrected chi connectivity index (χ3v) is 5.95. The van der Waals surface area contributed by atoms with Gasteiger partial charge in [-0.2, -0.15) is 0 Å². The van der Waals surface area contributed by atoms with Crippen molar-refractivity contribution in [3.8, 4) is 0 Å². The molecule has 0 atom stereocenters. The lowest BCUT2D eigenvalue weighted by molar-refractivity contribution is 0.186. The molecule has 3 heterocycles. The fourth-order valence-electron chi connectivity index (χ4n) is 3.95. The van der Waals surface area contributed by atoms with Gasteiger partial charge < -0.3 is 20.4 Å². The molecule has 4 nitrogen and oxygen atoms in total. The van der Waals surface area contributed by atoms with Crippen LogP contribution in [0, 0.1) is 0 Å². The van der Waals surface area contributed by atoms with Crippen LogP contribution in [0.15, 0.2) is 66.0 Å². The van der Waals surface area contributed by atoms with Crippen LogP contribution in [0.4, 0.5) is 4.39 Å². The summed E-state index contributed by atoms with van der Waals surface area (Å²) in [5, 5.41) is 7.97. The third-order valence-electron chi connectivity index (χ3n) is 5.52.